The number of aromatic hydroxyl groups is 1. The minimum absolute atomic E-state index is 0.158. The van der Waals surface area contributed by atoms with Crippen LogP contribution in [0.3, 0.4) is 0 Å². The van der Waals surface area contributed by atoms with Gasteiger partial charge in [-0.15, -0.1) is 11.3 Å². The van der Waals surface area contributed by atoms with Crippen LogP contribution in [0.1, 0.15) is 12.1 Å². The summed E-state index contributed by atoms with van der Waals surface area (Å²) in [4.78, 5) is 33.1. The molecule has 0 aromatic carbocycles. The van der Waals surface area contributed by atoms with Crippen molar-refractivity contribution < 1.29 is 9.90 Å². The van der Waals surface area contributed by atoms with Crippen LogP contribution in [-0.2, 0) is 4.79 Å². The van der Waals surface area contributed by atoms with Crippen molar-refractivity contribution in [3.63, 3.8) is 0 Å². The number of carbonyl (C=O) groups excluding carboxylic acids is 1. The number of thiazole rings is 1. The highest BCUT2D eigenvalue weighted by Gasteiger charge is 2.07. The second-order valence-electron chi connectivity index (χ2n) is 3.85. The van der Waals surface area contributed by atoms with E-state index in [-0.39, 0.29) is 23.4 Å². The van der Waals surface area contributed by atoms with E-state index in [1.165, 1.54) is 23.1 Å². The molecule has 2 aromatic rings. The Morgan fingerprint density at radius 1 is 1.55 bits per heavy atom. The number of rotatable bonds is 5. The molecular formula is C11H12N4O3S2. The topological polar surface area (TPSA) is 108 Å². The first kappa shape index (κ1) is 14.5. The molecule has 9 heteroatoms. The standard InChI is InChI=1S/C11H12N4O3S2/c1-6-5-20-10(12-6)13-7(16)2-3-19-11-14-8(17)4-9(18)15-11/h4-5H,2-3H2,1H3,(H,12,13,16)(H2,14,15,17,18). The number of hydrogen-bond donors (Lipinski definition) is 3. The minimum atomic E-state index is -0.428. The maximum Gasteiger partial charge on any atom is 0.255 e. The van der Waals surface area contributed by atoms with Crippen LogP contribution in [0.2, 0.25) is 0 Å². The van der Waals surface area contributed by atoms with Gasteiger partial charge in [-0.05, 0) is 6.92 Å². The number of amides is 1. The van der Waals surface area contributed by atoms with Crippen molar-refractivity contribution in [3.8, 4) is 5.88 Å². The van der Waals surface area contributed by atoms with E-state index in [0.29, 0.717) is 10.9 Å². The second kappa shape index (κ2) is 6.53. The third-order valence-electron chi connectivity index (χ3n) is 2.14. The summed E-state index contributed by atoms with van der Waals surface area (Å²) in [7, 11) is 0. The minimum Gasteiger partial charge on any atom is -0.493 e. The Morgan fingerprint density at radius 3 is 3.00 bits per heavy atom. The van der Waals surface area contributed by atoms with E-state index < -0.39 is 5.56 Å². The Hall–Kier alpha value is -1.87. The molecule has 0 fully saturated rings. The van der Waals surface area contributed by atoms with E-state index in [1.54, 1.807) is 0 Å². The number of nitrogens with zero attached hydrogens (tertiary/aromatic N) is 2. The van der Waals surface area contributed by atoms with Gasteiger partial charge in [-0.25, -0.2) is 4.98 Å². The third-order valence-corrected chi connectivity index (χ3v) is 3.89. The van der Waals surface area contributed by atoms with Crippen LogP contribution < -0.4 is 10.9 Å². The summed E-state index contributed by atoms with van der Waals surface area (Å²) in [5.41, 5.74) is 0.434. The van der Waals surface area contributed by atoms with Crippen molar-refractivity contribution in [1.82, 2.24) is 15.0 Å². The van der Waals surface area contributed by atoms with Gasteiger partial charge in [0.1, 0.15) is 0 Å². The van der Waals surface area contributed by atoms with E-state index in [9.17, 15) is 9.59 Å². The quantitative estimate of drug-likeness (QED) is 0.568. The van der Waals surface area contributed by atoms with Crippen LogP contribution in [-0.4, -0.2) is 31.7 Å². The second-order valence-corrected chi connectivity index (χ2v) is 5.79. The van der Waals surface area contributed by atoms with Gasteiger partial charge in [-0.3, -0.25) is 9.59 Å². The van der Waals surface area contributed by atoms with Crippen LogP contribution in [0.15, 0.2) is 21.4 Å². The summed E-state index contributed by atoms with van der Waals surface area (Å²) in [6.07, 6.45) is 0.253. The molecule has 0 saturated carbocycles. The molecule has 0 radical (unpaired) electrons. The summed E-state index contributed by atoms with van der Waals surface area (Å²) in [5.74, 6) is -0.0592. The number of anilines is 1. The zero-order valence-electron chi connectivity index (χ0n) is 10.5. The number of aromatic nitrogens is 3. The van der Waals surface area contributed by atoms with Gasteiger partial charge in [0, 0.05) is 17.6 Å². The lowest BCUT2D eigenvalue weighted by molar-refractivity contribution is -0.115. The number of thioether (sulfide) groups is 1. The number of aryl methyl sites for hydroxylation is 1. The van der Waals surface area contributed by atoms with Gasteiger partial charge >= 0.3 is 0 Å². The van der Waals surface area contributed by atoms with Crippen molar-refractivity contribution in [2.75, 3.05) is 11.1 Å². The summed E-state index contributed by atoms with van der Waals surface area (Å²) >= 11 is 2.56. The monoisotopic (exact) mass is 312 g/mol. The van der Waals surface area contributed by atoms with Gasteiger partial charge in [0.2, 0.25) is 11.8 Å². The Bertz CT molecular complexity index is 668. The highest BCUT2D eigenvalue weighted by Crippen LogP contribution is 2.17. The maximum atomic E-state index is 11.6. The largest absolute Gasteiger partial charge is 0.493 e. The molecule has 3 N–H and O–H groups in total. The normalized spacial score (nSPS) is 10.4. The highest BCUT2D eigenvalue weighted by molar-refractivity contribution is 7.99. The summed E-state index contributed by atoms with van der Waals surface area (Å²) in [6, 6.07) is 0.988. The molecular weight excluding hydrogens is 300 g/mol. The van der Waals surface area contributed by atoms with E-state index in [2.05, 4.69) is 20.3 Å². The van der Waals surface area contributed by atoms with Gasteiger partial charge < -0.3 is 15.4 Å². The predicted molar refractivity (Wildman–Crippen MR) is 77.3 cm³/mol. The first-order valence-corrected chi connectivity index (χ1v) is 7.54. The van der Waals surface area contributed by atoms with Crippen molar-refractivity contribution in [2.45, 2.75) is 18.5 Å². The first-order chi connectivity index (χ1) is 9.52. The molecule has 0 bridgehead atoms. The van der Waals surface area contributed by atoms with Crippen molar-refractivity contribution in [3.05, 3.63) is 27.5 Å². The molecule has 106 valence electrons. The fourth-order valence-corrected chi connectivity index (χ4v) is 2.84. The molecule has 0 spiro atoms. The number of H-pyrrole nitrogens is 1. The molecule has 20 heavy (non-hydrogen) atoms. The SMILES string of the molecule is Cc1csc(NC(=O)CCSc2nc(O)cc(=O)[nH]2)n1. The molecule has 0 aliphatic rings. The lowest BCUT2D eigenvalue weighted by Crippen LogP contribution is -2.12. The number of nitrogens with one attached hydrogen (secondary N) is 2. The zero-order valence-corrected chi connectivity index (χ0v) is 12.2. The average Bonchev–Trinajstić information content (AvgIpc) is 2.73. The lowest BCUT2D eigenvalue weighted by Gasteiger charge is -2.02. The molecule has 1 amide bonds. The third kappa shape index (κ3) is 4.35. The predicted octanol–water partition coefficient (Wildman–Crippen LogP) is 1.36. The van der Waals surface area contributed by atoms with Gasteiger partial charge in [0.15, 0.2) is 10.3 Å². The Morgan fingerprint density at radius 2 is 2.35 bits per heavy atom. The molecule has 0 aliphatic heterocycles. The Balaban J connectivity index is 1.80. The smallest absolute Gasteiger partial charge is 0.255 e. The van der Waals surface area contributed by atoms with E-state index >= 15 is 0 Å². The highest BCUT2D eigenvalue weighted by atomic mass is 32.2. The van der Waals surface area contributed by atoms with Crippen molar-refractivity contribution in [1.29, 1.82) is 0 Å². The molecule has 0 atom stereocenters. The molecule has 0 aliphatic carbocycles. The molecule has 2 rings (SSSR count). The van der Waals surface area contributed by atoms with Crippen LogP contribution in [0, 0.1) is 6.92 Å². The van der Waals surface area contributed by atoms with Crippen LogP contribution in [0.4, 0.5) is 5.13 Å². The summed E-state index contributed by atoms with van der Waals surface area (Å²) < 4.78 is 0. The van der Waals surface area contributed by atoms with E-state index in [0.717, 1.165) is 11.8 Å². The zero-order chi connectivity index (χ0) is 14.5. The maximum absolute atomic E-state index is 11.6. The Kier molecular flexibility index (Phi) is 4.74. The molecule has 7 nitrogen and oxygen atoms in total. The first-order valence-electron chi connectivity index (χ1n) is 5.68. The molecule has 0 unspecified atom stereocenters. The number of carbonyl (C=O) groups is 1. The van der Waals surface area contributed by atoms with Gasteiger partial charge in [-0.1, -0.05) is 11.8 Å². The number of aromatic amines is 1. The lowest BCUT2D eigenvalue weighted by atomic mass is 10.4. The van der Waals surface area contributed by atoms with Crippen molar-refractivity contribution >= 4 is 34.1 Å². The van der Waals surface area contributed by atoms with Crippen LogP contribution in [0.5, 0.6) is 5.88 Å². The van der Waals surface area contributed by atoms with E-state index in [4.69, 9.17) is 5.11 Å². The molecule has 2 aromatic heterocycles. The van der Waals surface area contributed by atoms with Crippen LogP contribution >= 0.6 is 23.1 Å². The average molecular weight is 312 g/mol. The van der Waals surface area contributed by atoms with Gasteiger partial charge in [0.25, 0.3) is 5.56 Å². The fraction of sp³-hybridized carbons (Fsp3) is 0.273. The molecule has 0 saturated heterocycles. The Labute approximate surface area is 122 Å². The van der Waals surface area contributed by atoms with Crippen LogP contribution in [0.25, 0.3) is 0 Å². The fourth-order valence-electron chi connectivity index (χ4n) is 1.32. The van der Waals surface area contributed by atoms with Gasteiger partial charge in [-0.2, -0.15) is 4.98 Å². The van der Waals surface area contributed by atoms with Gasteiger partial charge in [0.05, 0.1) is 11.8 Å². The van der Waals surface area contributed by atoms with Crippen molar-refractivity contribution in [2.24, 2.45) is 0 Å². The molecule has 2 heterocycles. The van der Waals surface area contributed by atoms with E-state index in [1.807, 2.05) is 12.3 Å². The summed E-state index contributed by atoms with van der Waals surface area (Å²) in [5, 5.41) is 14.6. The number of hydrogen-bond acceptors (Lipinski definition) is 7. The summed E-state index contributed by atoms with van der Waals surface area (Å²) in [6.45, 7) is 1.85.